The van der Waals surface area contributed by atoms with Crippen LogP contribution in [0.1, 0.15) is 32.1 Å². The molecule has 1 aliphatic carbocycles. The summed E-state index contributed by atoms with van der Waals surface area (Å²) in [6.07, 6.45) is 10.2. The quantitative estimate of drug-likeness (QED) is 0.690. The number of hydrogen-bond acceptors (Lipinski definition) is 7. The molecule has 2 fully saturated rings. The standard InChI is InChI=1S/C11H22N2OS.C8H10N4/c14-11-8-12-6-7-13(11)15-9-10-4-2-1-3-5-10;1-12(2)8-6-3-4-9-7(6)10-5-11-8/h10-12,14H,1-9H2;3-5H,1-2H3,(H,9,10,11). The van der Waals surface area contributed by atoms with Crippen molar-refractivity contribution in [1.82, 2.24) is 24.6 Å². The maximum atomic E-state index is 9.74. The molecule has 1 unspecified atom stereocenters. The van der Waals surface area contributed by atoms with Crippen molar-refractivity contribution in [3.05, 3.63) is 18.6 Å². The minimum atomic E-state index is -0.285. The van der Waals surface area contributed by atoms with Gasteiger partial charge < -0.3 is 20.3 Å². The van der Waals surface area contributed by atoms with Gasteiger partial charge in [-0.2, -0.15) is 0 Å². The van der Waals surface area contributed by atoms with Gasteiger partial charge in [-0.25, -0.2) is 14.3 Å². The van der Waals surface area contributed by atoms with E-state index in [9.17, 15) is 5.11 Å². The number of H-pyrrole nitrogens is 1. The molecule has 0 bridgehead atoms. The zero-order valence-electron chi connectivity index (χ0n) is 16.4. The molecule has 150 valence electrons. The summed E-state index contributed by atoms with van der Waals surface area (Å²) in [5.74, 6) is 3.05. The van der Waals surface area contributed by atoms with E-state index in [1.165, 1.54) is 37.9 Å². The van der Waals surface area contributed by atoms with Crippen molar-refractivity contribution in [2.75, 3.05) is 44.4 Å². The number of nitrogens with zero attached hydrogens (tertiary/aromatic N) is 4. The number of nitrogens with one attached hydrogen (secondary N) is 2. The molecule has 0 radical (unpaired) electrons. The Hall–Kier alpha value is -1.35. The van der Waals surface area contributed by atoms with E-state index in [0.29, 0.717) is 0 Å². The zero-order valence-corrected chi connectivity index (χ0v) is 17.2. The van der Waals surface area contributed by atoms with E-state index in [-0.39, 0.29) is 6.23 Å². The lowest BCUT2D eigenvalue weighted by molar-refractivity contribution is 0.0524. The van der Waals surface area contributed by atoms with Crippen molar-refractivity contribution < 1.29 is 5.11 Å². The molecule has 2 aromatic rings. The van der Waals surface area contributed by atoms with Crippen LogP contribution in [0.25, 0.3) is 11.0 Å². The first-order chi connectivity index (χ1) is 13.1. The molecular weight excluding hydrogens is 360 g/mol. The summed E-state index contributed by atoms with van der Waals surface area (Å²) >= 11 is 1.86. The fourth-order valence-corrected chi connectivity index (χ4v) is 4.79. The number of hydrogen-bond donors (Lipinski definition) is 3. The Balaban J connectivity index is 0.000000159. The lowest BCUT2D eigenvalue weighted by Gasteiger charge is -2.33. The summed E-state index contributed by atoms with van der Waals surface area (Å²) in [6.45, 7) is 2.70. The van der Waals surface area contributed by atoms with Crippen LogP contribution in [0.3, 0.4) is 0 Å². The lowest BCUT2D eigenvalue weighted by atomic mass is 9.91. The molecule has 2 aliphatic rings. The molecular formula is C19H32N6OS. The highest BCUT2D eigenvalue weighted by Gasteiger charge is 2.22. The number of aromatic amines is 1. The molecule has 7 nitrogen and oxygen atoms in total. The Morgan fingerprint density at radius 2 is 2.07 bits per heavy atom. The second-order valence-corrected chi connectivity index (χ2v) is 8.52. The fourth-order valence-electron chi connectivity index (χ4n) is 3.59. The molecule has 27 heavy (non-hydrogen) atoms. The average Bonchev–Trinajstić information content (AvgIpc) is 3.17. The third-order valence-electron chi connectivity index (χ3n) is 5.13. The predicted molar refractivity (Wildman–Crippen MR) is 113 cm³/mol. The second-order valence-electron chi connectivity index (χ2n) is 7.46. The van der Waals surface area contributed by atoms with E-state index in [1.54, 1.807) is 6.33 Å². The third-order valence-corrected chi connectivity index (χ3v) is 6.50. The third kappa shape index (κ3) is 5.81. The summed E-state index contributed by atoms with van der Waals surface area (Å²) in [4.78, 5) is 13.3. The Labute approximate surface area is 166 Å². The maximum Gasteiger partial charge on any atom is 0.142 e. The summed E-state index contributed by atoms with van der Waals surface area (Å²) in [5, 5.41) is 14.0. The molecule has 3 heterocycles. The van der Waals surface area contributed by atoms with Crippen LogP contribution in [-0.2, 0) is 0 Å². The molecule has 0 aromatic carbocycles. The Morgan fingerprint density at radius 1 is 1.26 bits per heavy atom. The number of aromatic nitrogens is 3. The summed E-state index contributed by atoms with van der Waals surface area (Å²) < 4.78 is 2.14. The van der Waals surface area contributed by atoms with Crippen molar-refractivity contribution in [2.45, 2.75) is 38.3 Å². The van der Waals surface area contributed by atoms with Gasteiger partial charge in [0.1, 0.15) is 24.0 Å². The van der Waals surface area contributed by atoms with Gasteiger partial charge in [-0.05, 0) is 24.8 Å². The minimum Gasteiger partial charge on any atom is -0.376 e. The molecule has 0 spiro atoms. The molecule has 0 amide bonds. The second kappa shape index (κ2) is 10.3. The van der Waals surface area contributed by atoms with Crippen LogP contribution in [0, 0.1) is 5.92 Å². The van der Waals surface area contributed by atoms with E-state index in [4.69, 9.17) is 0 Å². The van der Waals surface area contributed by atoms with Gasteiger partial charge in [0.05, 0.1) is 5.39 Å². The number of rotatable bonds is 4. The zero-order chi connectivity index (χ0) is 19.1. The van der Waals surface area contributed by atoms with E-state index in [0.717, 1.165) is 42.4 Å². The molecule has 1 atom stereocenters. The van der Waals surface area contributed by atoms with Gasteiger partial charge >= 0.3 is 0 Å². The van der Waals surface area contributed by atoms with Gasteiger partial charge in [-0.15, -0.1) is 0 Å². The first-order valence-electron chi connectivity index (χ1n) is 9.89. The highest BCUT2D eigenvalue weighted by Crippen LogP contribution is 2.28. The van der Waals surface area contributed by atoms with Gasteiger partial charge in [0.2, 0.25) is 0 Å². The summed E-state index contributed by atoms with van der Waals surface area (Å²) in [5.41, 5.74) is 0.883. The molecule has 4 rings (SSSR count). The minimum absolute atomic E-state index is 0.285. The normalized spacial score (nSPS) is 21.7. The molecule has 3 N–H and O–H groups in total. The summed E-state index contributed by atoms with van der Waals surface area (Å²) in [6, 6.07) is 1.98. The predicted octanol–water partition coefficient (Wildman–Crippen LogP) is 2.46. The van der Waals surface area contributed by atoms with Crippen molar-refractivity contribution in [3.8, 4) is 0 Å². The van der Waals surface area contributed by atoms with Crippen LogP contribution in [0.2, 0.25) is 0 Å². The molecule has 1 saturated carbocycles. The molecule has 2 aromatic heterocycles. The molecule has 8 heteroatoms. The highest BCUT2D eigenvalue weighted by molar-refractivity contribution is 7.97. The van der Waals surface area contributed by atoms with E-state index in [1.807, 2.05) is 43.2 Å². The molecule has 1 saturated heterocycles. The topological polar surface area (TPSA) is 80.3 Å². The van der Waals surface area contributed by atoms with Crippen molar-refractivity contribution in [2.24, 2.45) is 5.92 Å². The first-order valence-corrected chi connectivity index (χ1v) is 10.8. The average molecular weight is 393 g/mol. The number of β-amino-alcohol motifs (C(OH)–C–C–N with tert-alkyl or cyclic N) is 1. The van der Waals surface area contributed by atoms with Crippen molar-refractivity contribution in [3.63, 3.8) is 0 Å². The Morgan fingerprint density at radius 3 is 2.81 bits per heavy atom. The van der Waals surface area contributed by atoms with Crippen molar-refractivity contribution in [1.29, 1.82) is 0 Å². The van der Waals surface area contributed by atoms with E-state index in [2.05, 4.69) is 24.6 Å². The van der Waals surface area contributed by atoms with Gasteiger partial charge in [0, 0.05) is 45.7 Å². The van der Waals surface area contributed by atoms with Gasteiger partial charge in [0.25, 0.3) is 0 Å². The largest absolute Gasteiger partial charge is 0.376 e. The van der Waals surface area contributed by atoms with Crippen LogP contribution in [0.4, 0.5) is 5.82 Å². The number of anilines is 1. The van der Waals surface area contributed by atoms with Crippen LogP contribution in [0.5, 0.6) is 0 Å². The van der Waals surface area contributed by atoms with Gasteiger partial charge in [-0.1, -0.05) is 31.2 Å². The monoisotopic (exact) mass is 392 g/mol. The molecule has 1 aliphatic heterocycles. The van der Waals surface area contributed by atoms with E-state index >= 15 is 0 Å². The number of piperazine rings is 1. The lowest BCUT2D eigenvalue weighted by Crippen LogP contribution is -2.48. The SMILES string of the molecule is CN(C)c1ncnc2[nH]ccc12.OC1CNCCN1SCC1CCCCC1. The summed E-state index contributed by atoms with van der Waals surface area (Å²) in [7, 11) is 3.93. The van der Waals surface area contributed by atoms with E-state index < -0.39 is 0 Å². The maximum absolute atomic E-state index is 9.74. The van der Waals surface area contributed by atoms with Gasteiger partial charge in [-0.3, -0.25) is 0 Å². The van der Waals surface area contributed by atoms with Crippen LogP contribution in [0.15, 0.2) is 18.6 Å². The number of aliphatic hydroxyl groups is 1. The number of fused-ring (bicyclic) bond motifs is 1. The van der Waals surface area contributed by atoms with Crippen molar-refractivity contribution >= 4 is 28.8 Å². The van der Waals surface area contributed by atoms with Crippen LogP contribution >= 0.6 is 11.9 Å². The Kier molecular flexibility index (Phi) is 7.75. The Bertz CT molecular complexity index is 688. The number of aliphatic hydroxyl groups excluding tert-OH is 1. The van der Waals surface area contributed by atoms with Crippen LogP contribution in [-0.4, -0.2) is 70.1 Å². The van der Waals surface area contributed by atoms with Gasteiger partial charge in [0.15, 0.2) is 0 Å². The van der Waals surface area contributed by atoms with Crippen LogP contribution < -0.4 is 10.2 Å². The highest BCUT2D eigenvalue weighted by atomic mass is 32.2. The fraction of sp³-hybridized carbons (Fsp3) is 0.684. The smallest absolute Gasteiger partial charge is 0.142 e. The first kappa shape index (κ1) is 20.4.